The molecule has 0 atom stereocenters. The third kappa shape index (κ3) is 5.60. The van der Waals surface area contributed by atoms with Crippen LogP contribution < -0.4 is 5.32 Å². The second-order valence-electron chi connectivity index (χ2n) is 7.56. The molecule has 0 aromatic heterocycles. The molecule has 0 bridgehead atoms. The first kappa shape index (κ1) is 21.8. The molecule has 1 aromatic rings. The fourth-order valence-electron chi connectivity index (χ4n) is 3.85. The lowest BCUT2D eigenvalue weighted by molar-refractivity contribution is -0.122. The van der Waals surface area contributed by atoms with Crippen molar-refractivity contribution < 1.29 is 13.2 Å². The van der Waals surface area contributed by atoms with Gasteiger partial charge in [-0.05, 0) is 37.0 Å². The van der Waals surface area contributed by atoms with Gasteiger partial charge in [-0.25, -0.2) is 8.42 Å². The average molecular weight is 448 g/mol. The predicted molar refractivity (Wildman–Crippen MR) is 111 cm³/mol. The van der Waals surface area contributed by atoms with Crippen molar-refractivity contribution in [2.24, 2.45) is 5.92 Å². The van der Waals surface area contributed by atoms with Crippen LogP contribution in [0.15, 0.2) is 23.1 Å². The standard InChI is InChI=1S/C19H27Cl2N3O3S/c20-16-6-7-17(21)18(12-16)28(26,27)24-10-8-23(9-11-24)14-19(25)22-13-15-4-2-1-3-5-15/h6-7,12,15H,1-5,8-11,13-14H2,(H,22,25). The first-order chi connectivity index (χ1) is 13.4. The third-order valence-corrected chi connectivity index (χ3v) is 8.14. The minimum absolute atomic E-state index is 0.0137. The van der Waals surface area contributed by atoms with Gasteiger partial charge in [-0.15, -0.1) is 0 Å². The van der Waals surface area contributed by atoms with Crippen molar-refractivity contribution in [3.63, 3.8) is 0 Å². The molecule has 1 saturated heterocycles. The van der Waals surface area contributed by atoms with Crippen molar-refractivity contribution in [2.45, 2.75) is 37.0 Å². The quantitative estimate of drug-likeness (QED) is 0.727. The molecule has 1 heterocycles. The fourth-order valence-corrected chi connectivity index (χ4v) is 6.01. The number of nitrogens with one attached hydrogen (secondary N) is 1. The average Bonchev–Trinajstić information content (AvgIpc) is 2.69. The topological polar surface area (TPSA) is 69.7 Å². The van der Waals surface area contributed by atoms with Crippen LogP contribution in [0.25, 0.3) is 0 Å². The zero-order valence-corrected chi connectivity index (χ0v) is 18.2. The van der Waals surface area contributed by atoms with E-state index in [1.807, 2.05) is 4.90 Å². The molecule has 0 spiro atoms. The van der Waals surface area contributed by atoms with Gasteiger partial charge in [0, 0.05) is 37.7 Å². The Morgan fingerprint density at radius 1 is 1.07 bits per heavy atom. The molecule has 2 fully saturated rings. The van der Waals surface area contributed by atoms with Crippen LogP contribution in [-0.4, -0.2) is 62.8 Å². The van der Waals surface area contributed by atoms with Crippen molar-refractivity contribution in [1.29, 1.82) is 0 Å². The highest BCUT2D eigenvalue weighted by atomic mass is 35.5. The minimum Gasteiger partial charge on any atom is -0.355 e. The smallest absolute Gasteiger partial charge is 0.244 e. The summed E-state index contributed by atoms with van der Waals surface area (Å²) in [6.07, 6.45) is 6.21. The van der Waals surface area contributed by atoms with Crippen LogP contribution in [0.2, 0.25) is 10.0 Å². The second-order valence-corrected chi connectivity index (χ2v) is 10.3. The van der Waals surface area contributed by atoms with Crippen molar-refractivity contribution in [1.82, 2.24) is 14.5 Å². The van der Waals surface area contributed by atoms with Crippen LogP contribution in [0.5, 0.6) is 0 Å². The van der Waals surface area contributed by atoms with Gasteiger partial charge >= 0.3 is 0 Å². The summed E-state index contributed by atoms with van der Waals surface area (Å²) in [7, 11) is -3.70. The zero-order valence-electron chi connectivity index (χ0n) is 15.9. The Balaban J connectivity index is 1.48. The van der Waals surface area contributed by atoms with Crippen LogP contribution >= 0.6 is 23.2 Å². The monoisotopic (exact) mass is 447 g/mol. The Hall–Kier alpha value is -0.860. The number of carbonyl (C=O) groups excluding carboxylic acids is 1. The van der Waals surface area contributed by atoms with Crippen molar-refractivity contribution in [2.75, 3.05) is 39.3 Å². The number of hydrogen-bond donors (Lipinski definition) is 1. The molecule has 1 aromatic carbocycles. The number of halogens is 2. The van der Waals surface area contributed by atoms with Gasteiger partial charge in [0.25, 0.3) is 0 Å². The maximum Gasteiger partial charge on any atom is 0.244 e. The van der Waals surface area contributed by atoms with E-state index >= 15 is 0 Å². The Labute approximate surface area is 177 Å². The molecule has 1 N–H and O–H groups in total. The number of sulfonamides is 1. The van der Waals surface area contributed by atoms with Gasteiger partial charge in [-0.3, -0.25) is 9.69 Å². The highest BCUT2D eigenvalue weighted by Gasteiger charge is 2.30. The minimum atomic E-state index is -3.70. The number of amides is 1. The van der Waals surface area contributed by atoms with E-state index in [2.05, 4.69) is 5.32 Å². The van der Waals surface area contributed by atoms with Crippen LogP contribution in [0.3, 0.4) is 0 Å². The van der Waals surface area contributed by atoms with E-state index in [1.54, 1.807) is 6.07 Å². The lowest BCUT2D eigenvalue weighted by Crippen LogP contribution is -2.51. The number of carbonyl (C=O) groups is 1. The van der Waals surface area contributed by atoms with E-state index in [1.165, 1.54) is 48.5 Å². The first-order valence-electron chi connectivity index (χ1n) is 9.80. The maximum atomic E-state index is 12.9. The molecular weight excluding hydrogens is 421 g/mol. The largest absolute Gasteiger partial charge is 0.355 e. The van der Waals surface area contributed by atoms with Gasteiger partial charge in [0.2, 0.25) is 15.9 Å². The van der Waals surface area contributed by atoms with E-state index in [4.69, 9.17) is 23.2 Å². The molecule has 0 unspecified atom stereocenters. The van der Waals surface area contributed by atoms with Crippen LogP contribution in [0.1, 0.15) is 32.1 Å². The van der Waals surface area contributed by atoms with Crippen molar-refractivity contribution >= 4 is 39.1 Å². The van der Waals surface area contributed by atoms with E-state index in [0.29, 0.717) is 43.7 Å². The van der Waals surface area contributed by atoms with Crippen LogP contribution in [0.4, 0.5) is 0 Å². The zero-order chi connectivity index (χ0) is 20.1. The van der Waals surface area contributed by atoms with E-state index in [-0.39, 0.29) is 15.8 Å². The van der Waals surface area contributed by atoms with Crippen LogP contribution in [0, 0.1) is 5.92 Å². The summed E-state index contributed by atoms with van der Waals surface area (Å²) in [5.74, 6) is 0.613. The second kappa shape index (κ2) is 9.76. The molecule has 1 aliphatic heterocycles. The lowest BCUT2D eigenvalue weighted by Gasteiger charge is -2.33. The number of nitrogens with zero attached hydrogens (tertiary/aromatic N) is 2. The number of rotatable bonds is 6. The van der Waals surface area contributed by atoms with Gasteiger partial charge < -0.3 is 5.32 Å². The fraction of sp³-hybridized carbons (Fsp3) is 0.632. The summed E-state index contributed by atoms with van der Waals surface area (Å²) in [6, 6.07) is 4.43. The first-order valence-corrected chi connectivity index (χ1v) is 12.0. The van der Waals surface area contributed by atoms with Crippen molar-refractivity contribution in [3.05, 3.63) is 28.2 Å². The van der Waals surface area contributed by atoms with E-state index in [0.717, 1.165) is 6.54 Å². The highest BCUT2D eigenvalue weighted by molar-refractivity contribution is 7.89. The third-order valence-electron chi connectivity index (χ3n) is 5.52. The summed E-state index contributed by atoms with van der Waals surface area (Å²) in [4.78, 5) is 14.2. The highest BCUT2D eigenvalue weighted by Crippen LogP contribution is 2.28. The van der Waals surface area contributed by atoms with Gasteiger partial charge in [-0.1, -0.05) is 42.5 Å². The molecule has 3 rings (SSSR count). The van der Waals surface area contributed by atoms with Gasteiger partial charge in [0.05, 0.1) is 11.6 Å². The molecule has 28 heavy (non-hydrogen) atoms. The summed E-state index contributed by atoms with van der Waals surface area (Å²) >= 11 is 12.0. The number of piperazine rings is 1. The summed E-state index contributed by atoms with van der Waals surface area (Å²) < 4.78 is 27.1. The molecule has 1 amide bonds. The Bertz CT molecular complexity index is 790. The predicted octanol–water partition coefficient (Wildman–Crippen LogP) is 3.00. The molecule has 156 valence electrons. The van der Waals surface area contributed by atoms with Gasteiger partial charge in [0.15, 0.2) is 0 Å². The molecule has 1 aliphatic carbocycles. The molecular formula is C19H27Cl2N3O3S. The maximum absolute atomic E-state index is 12.9. The van der Waals surface area contributed by atoms with E-state index < -0.39 is 10.0 Å². The van der Waals surface area contributed by atoms with Gasteiger partial charge in [-0.2, -0.15) is 4.31 Å². The Morgan fingerprint density at radius 2 is 1.75 bits per heavy atom. The Kier molecular flexibility index (Phi) is 7.61. The molecule has 2 aliphatic rings. The molecule has 6 nitrogen and oxygen atoms in total. The lowest BCUT2D eigenvalue weighted by atomic mass is 9.89. The van der Waals surface area contributed by atoms with Crippen LogP contribution in [-0.2, 0) is 14.8 Å². The van der Waals surface area contributed by atoms with E-state index in [9.17, 15) is 13.2 Å². The Morgan fingerprint density at radius 3 is 2.43 bits per heavy atom. The summed E-state index contributed by atoms with van der Waals surface area (Å²) in [6.45, 7) is 2.71. The molecule has 1 saturated carbocycles. The summed E-state index contributed by atoms with van der Waals surface area (Å²) in [5.41, 5.74) is 0. The SMILES string of the molecule is O=C(CN1CCN(S(=O)(=O)c2cc(Cl)ccc2Cl)CC1)NCC1CCCCC1. The molecule has 9 heteroatoms. The molecule has 0 radical (unpaired) electrons. The van der Waals surface area contributed by atoms with Gasteiger partial charge in [0.1, 0.15) is 4.90 Å². The summed E-state index contributed by atoms with van der Waals surface area (Å²) in [5, 5.41) is 3.53. The number of benzene rings is 1. The van der Waals surface area contributed by atoms with Crippen molar-refractivity contribution in [3.8, 4) is 0 Å². The number of hydrogen-bond acceptors (Lipinski definition) is 4. The normalized spacial score (nSPS) is 20.2.